The number of nitrogens with zero attached hydrogens (tertiary/aromatic N) is 1. The summed E-state index contributed by atoms with van der Waals surface area (Å²) in [5.41, 5.74) is 0.224. The summed E-state index contributed by atoms with van der Waals surface area (Å²) < 4.78 is 25.2. The molecule has 1 N–H and O–H groups in total. The normalized spacial score (nSPS) is 11.1. The van der Waals surface area contributed by atoms with Crippen LogP contribution in [0.4, 0.5) is 0 Å². The maximum absolute atomic E-state index is 12.3. The zero-order valence-corrected chi connectivity index (χ0v) is 11.6. The second kappa shape index (κ2) is 6.32. The molecule has 0 saturated heterocycles. The topological polar surface area (TPSA) is 91.8 Å². The number of Topliss-reactive ketones (excluding diaryl/α,β-unsaturated/α-hetero) is 1. The molecule has 20 heavy (non-hydrogen) atoms. The molecule has 0 aliphatic rings. The average molecular weight is 295 g/mol. The van der Waals surface area contributed by atoms with Crippen LogP contribution >= 0.6 is 0 Å². The van der Waals surface area contributed by atoms with Gasteiger partial charge in [0.15, 0.2) is 5.78 Å². The van der Waals surface area contributed by atoms with Gasteiger partial charge in [-0.05, 0) is 19.1 Å². The molecule has 0 amide bonds. The van der Waals surface area contributed by atoms with E-state index in [0.717, 1.165) is 0 Å². The number of rotatable bonds is 6. The molecule has 106 valence electrons. The van der Waals surface area contributed by atoms with Gasteiger partial charge in [0, 0.05) is 5.56 Å². The Balaban J connectivity index is 3.26. The van der Waals surface area contributed by atoms with E-state index in [1.54, 1.807) is 0 Å². The lowest BCUT2D eigenvalue weighted by molar-refractivity contribution is -0.137. The van der Waals surface area contributed by atoms with Crippen molar-refractivity contribution in [1.82, 2.24) is 4.31 Å². The first-order valence-corrected chi connectivity index (χ1v) is 6.99. The number of hydrogen-bond donors (Lipinski definition) is 1. The number of sulfonamides is 1. The summed E-state index contributed by atoms with van der Waals surface area (Å²) in [6.45, 7) is 0.206. The Kier molecular flexibility index (Phi) is 5.02. The van der Waals surface area contributed by atoms with E-state index in [1.165, 1.54) is 31.2 Å². The first-order valence-electron chi connectivity index (χ1n) is 5.55. The largest absolute Gasteiger partial charge is 0.480 e. The molecule has 0 atom stereocenters. The van der Waals surface area contributed by atoms with Gasteiger partial charge in [-0.1, -0.05) is 18.1 Å². The molecule has 0 unspecified atom stereocenters. The van der Waals surface area contributed by atoms with Crippen LogP contribution in [0.1, 0.15) is 17.3 Å². The summed E-state index contributed by atoms with van der Waals surface area (Å²) >= 11 is 0. The van der Waals surface area contributed by atoms with Gasteiger partial charge < -0.3 is 5.11 Å². The third kappa shape index (κ3) is 3.66. The van der Waals surface area contributed by atoms with Crippen LogP contribution in [-0.2, 0) is 14.8 Å². The molecular weight excluding hydrogens is 282 g/mol. The van der Waals surface area contributed by atoms with E-state index in [2.05, 4.69) is 5.92 Å². The Morgan fingerprint density at radius 3 is 2.55 bits per heavy atom. The number of carbonyl (C=O) groups excluding carboxylic acids is 1. The zero-order valence-electron chi connectivity index (χ0n) is 10.7. The fourth-order valence-corrected chi connectivity index (χ4v) is 2.85. The Morgan fingerprint density at radius 2 is 2.05 bits per heavy atom. The van der Waals surface area contributed by atoms with Crippen LogP contribution in [0.15, 0.2) is 29.2 Å². The average Bonchev–Trinajstić information content (AvgIpc) is 2.38. The van der Waals surface area contributed by atoms with E-state index in [0.29, 0.717) is 4.31 Å². The number of ketones is 1. The predicted octanol–water partition coefficient (Wildman–Crippen LogP) is 0.598. The van der Waals surface area contributed by atoms with Crippen molar-refractivity contribution in [2.75, 3.05) is 13.1 Å². The van der Waals surface area contributed by atoms with Crippen LogP contribution < -0.4 is 0 Å². The minimum absolute atomic E-state index is 0.165. The fraction of sp³-hybridized carbons (Fsp3) is 0.231. The molecule has 0 fully saturated rings. The number of aliphatic carboxylic acids is 1. The van der Waals surface area contributed by atoms with Crippen molar-refractivity contribution in [3.8, 4) is 12.3 Å². The third-order valence-corrected chi connectivity index (χ3v) is 4.25. The molecule has 1 aromatic carbocycles. The van der Waals surface area contributed by atoms with Crippen molar-refractivity contribution >= 4 is 21.8 Å². The SMILES string of the molecule is C#CCN(CC(=O)O)S(=O)(=O)c1cccc(C(C)=O)c1. The number of hydrogen-bond acceptors (Lipinski definition) is 4. The van der Waals surface area contributed by atoms with E-state index in [-0.39, 0.29) is 22.8 Å². The summed E-state index contributed by atoms with van der Waals surface area (Å²) in [5, 5.41) is 8.73. The van der Waals surface area contributed by atoms with Crippen LogP contribution in [-0.4, -0.2) is 42.7 Å². The van der Waals surface area contributed by atoms with E-state index in [4.69, 9.17) is 11.5 Å². The van der Waals surface area contributed by atoms with Gasteiger partial charge in [-0.3, -0.25) is 9.59 Å². The van der Waals surface area contributed by atoms with Crippen LogP contribution in [0.3, 0.4) is 0 Å². The maximum Gasteiger partial charge on any atom is 0.318 e. The van der Waals surface area contributed by atoms with Crippen molar-refractivity contribution in [3.63, 3.8) is 0 Å². The maximum atomic E-state index is 12.3. The number of carboxylic acid groups (broad SMARTS) is 1. The molecule has 0 aliphatic heterocycles. The monoisotopic (exact) mass is 295 g/mol. The minimum atomic E-state index is -4.06. The highest BCUT2D eigenvalue weighted by Gasteiger charge is 2.26. The first kappa shape index (κ1) is 15.9. The minimum Gasteiger partial charge on any atom is -0.480 e. The molecule has 0 spiro atoms. The second-order valence-electron chi connectivity index (χ2n) is 3.95. The van der Waals surface area contributed by atoms with Gasteiger partial charge in [-0.2, -0.15) is 4.31 Å². The Labute approximate surface area is 117 Å². The Bertz CT molecular complexity index is 672. The quantitative estimate of drug-likeness (QED) is 0.613. The molecule has 0 radical (unpaired) electrons. The molecule has 0 aliphatic carbocycles. The molecule has 0 bridgehead atoms. The van der Waals surface area contributed by atoms with Gasteiger partial charge in [0.25, 0.3) is 0 Å². The lowest BCUT2D eigenvalue weighted by Gasteiger charge is -2.18. The first-order chi connectivity index (χ1) is 9.28. The third-order valence-electron chi connectivity index (χ3n) is 2.46. The molecule has 7 heteroatoms. The highest BCUT2D eigenvalue weighted by Crippen LogP contribution is 2.17. The van der Waals surface area contributed by atoms with Crippen molar-refractivity contribution in [1.29, 1.82) is 0 Å². The van der Waals surface area contributed by atoms with E-state index < -0.39 is 22.5 Å². The van der Waals surface area contributed by atoms with Gasteiger partial charge in [0.05, 0.1) is 11.4 Å². The van der Waals surface area contributed by atoms with Crippen LogP contribution in [0.2, 0.25) is 0 Å². The highest BCUT2D eigenvalue weighted by molar-refractivity contribution is 7.89. The summed E-state index contributed by atoms with van der Waals surface area (Å²) in [7, 11) is -4.06. The molecule has 1 rings (SSSR count). The Hall–Kier alpha value is -2.17. The van der Waals surface area contributed by atoms with Crippen molar-refractivity contribution in [2.24, 2.45) is 0 Å². The van der Waals surface area contributed by atoms with E-state index in [9.17, 15) is 18.0 Å². The lowest BCUT2D eigenvalue weighted by Crippen LogP contribution is -2.36. The van der Waals surface area contributed by atoms with Gasteiger partial charge >= 0.3 is 5.97 Å². The molecule has 0 aromatic heterocycles. The summed E-state index contributed by atoms with van der Waals surface area (Å²) in [4.78, 5) is 21.8. The highest BCUT2D eigenvalue weighted by atomic mass is 32.2. The van der Waals surface area contributed by atoms with Gasteiger partial charge in [-0.25, -0.2) is 8.42 Å². The van der Waals surface area contributed by atoms with Crippen LogP contribution in [0, 0.1) is 12.3 Å². The number of carboxylic acids is 1. The molecule has 0 saturated carbocycles. The molecule has 0 heterocycles. The van der Waals surface area contributed by atoms with Crippen molar-refractivity contribution in [2.45, 2.75) is 11.8 Å². The van der Waals surface area contributed by atoms with Crippen LogP contribution in [0.25, 0.3) is 0 Å². The summed E-state index contributed by atoms with van der Waals surface area (Å²) in [6.07, 6.45) is 5.05. The standard InChI is InChI=1S/C13H13NO5S/c1-3-7-14(9-13(16)17)20(18,19)12-6-4-5-11(8-12)10(2)15/h1,4-6,8H,7,9H2,2H3,(H,16,17). The second-order valence-corrected chi connectivity index (χ2v) is 5.89. The molecule has 1 aromatic rings. The number of terminal acetylenes is 1. The lowest BCUT2D eigenvalue weighted by atomic mass is 10.2. The Morgan fingerprint density at radius 1 is 1.40 bits per heavy atom. The van der Waals surface area contributed by atoms with Gasteiger partial charge in [-0.15, -0.1) is 6.42 Å². The zero-order chi connectivity index (χ0) is 15.3. The molecular formula is C13H13NO5S. The summed E-state index contributed by atoms with van der Waals surface area (Å²) in [5.74, 6) is 0.501. The fourth-order valence-electron chi connectivity index (χ4n) is 1.50. The van der Waals surface area contributed by atoms with Crippen molar-refractivity contribution in [3.05, 3.63) is 29.8 Å². The van der Waals surface area contributed by atoms with E-state index in [1.807, 2.05) is 0 Å². The van der Waals surface area contributed by atoms with Crippen LogP contribution in [0.5, 0.6) is 0 Å². The molecule has 6 nitrogen and oxygen atoms in total. The number of benzene rings is 1. The smallest absolute Gasteiger partial charge is 0.318 e. The van der Waals surface area contributed by atoms with Gasteiger partial charge in [0.2, 0.25) is 10.0 Å². The van der Waals surface area contributed by atoms with Gasteiger partial charge in [0.1, 0.15) is 6.54 Å². The van der Waals surface area contributed by atoms with E-state index >= 15 is 0 Å². The predicted molar refractivity (Wildman–Crippen MR) is 71.7 cm³/mol. The van der Waals surface area contributed by atoms with Crippen molar-refractivity contribution < 1.29 is 23.1 Å². The summed E-state index contributed by atoms with van der Waals surface area (Å²) in [6, 6.07) is 5.37. The number of carbonyl (C=O) groups is 2.